The van der Waals surface area contributed by atoms with Crippen LogP contribution in [0.3, 0.4) is 0 Å². The van der Waals surface area contributed by atoms with E-state index in [1.54, 1.807) is 0 Å². The zero-order valence-electron chi connectivity index (χ0n) is 16.5. The number of aromatic amines is 1. The second-order valence-corrected chi connectivity index (χ2v) is 8.07. The highest BCUT2D eigenvalue weighted by molar-refractivity contribution is 5.87. The first kappa shape index (κ1) is 18.4. The number of nitrogens with one attached hydrogen (secondary N) is 3. The molecular weight excluding hydrogens is 368 g/mol. The van der Waals surface area contributed by atoms with Crippen LogP contribution in [0.5, 0.6) is 0 Å². The van der Waals surface area contributed by atoms with E-state index in [2.05, 4.69) is 25.7 Å². The van der Waals surface area contributed by atoms with Gasteiger partial charge in [0.1, 0.15) is 5.52 Å². The van der Waals surface area contributed by atoms with Crippen LogP contribution in [0.2, 0.25) is 0 Å². The second kappa shape index (κ2) is 8.00. The maximum Gasteiger partial charge on any atom is 0.229 e. The predicted octanol–water partition coefficient (Wildman–Crippen LogP) is 2.93. The Kier molecular flexibility index (Phi) is 5.07. The first-order chi connectivity index (χ1) is 14.2. The van der Waals surface area contributed by atoms with Gasteiger partial charge in [-0.05, 0) is 44.6 Å². The largest absolute Gasteiger partial charge is 0.381 e. The molecule has 4 heterocycles. The van der Waals surface area contributed by atoms with Crippen LogP contribution in [-0.2, 0) is 4.74 Å². The third kappa shape index (κ3) is 4.06. The minimum Gasteiger partial charge on any atom is -0.381 e. The van der Waals surface area contributed by atoms with E-state index < -0.39 is 0 Å². The van der Waals surface area contributed by atoms with Crippen LogP contribution < -0.4 is 16.4 Å². The minimum absolute atomic E-state index is 0.327. The zero-order valence-corrected chi connectivity index (χ0v) is 16.5. The van der Waals surface area contributed by atoms with Gasteiger partial charge >= 0.3 is 0 Å². The third-order valence-electron chi connectivity index (χ3n) is 5.94. The molecule has 1 aliphatic heterocycles. The quantitative estimate of drug-likeness (QED) is 0.523. The van der Waals surface area contributed by atoms with Crippen LogP contribution in [-0.4, -0.2) is 50.0 Å². The summed E-state index contributed by atoms with van der Waals surface area (Å²) in [5.74, 6) is 1.40. The van der Waals surface area contributed by atoms with Gasteiger partial charge in [0.25, 0.3) is 0 Å². The van der Waals surface area contributed by atoms with Gasteiger partial charge in [-0.3, -0.25) is 4.68 Å². The molecule has 0 unspecified atom stereocenters. The highest BCUT2D eigenvalue weighted by Gasteiger charge is 2.21. The van der Waals surface area contributed by atoms with E-state index in [9.17, 15) is 0 Å². The highest BCUT2D eigenvalue weighted by Crippen LogP contribution is 2.27. The van der Waals surface area contributed by atoms with Gasteiger partial charge < -0.3 is 26.1 Å². The summed E-state index contributed by atoms with van der Waals surface area (Å²) in [5.41, 5.74) is 8.75. The Hall–Kier alpha value is -2.65. The Bertz CT molecular complexity index is 952. The smallest absolute Gasteiger partial charge is 0.229 e. The Labute approximate surface area is 169 Å². The number of rotatable bonds is 5. The van der Waals surface area contributed by atoms with E-state index in [1.165, 1.54) is 0 Å². The first-order valence-electron chi connectivity index (χ1n) is 10.5. The van der Waals surface area contributed by atoms with E-state index in [-0.39, 0.29) is 0 Å². The SMILES string of the molecule is N[C@H]1CC[C@H](Nc2nc(Nc3cnn(C4CCOCC4)c3)nc3cc[nH]c23)CC1. The molecule has 0 aromatic carbocycles. The van der Waals surface area contributed by atoms with Crippen molar-refractivity contribution in [2.45, 2.75) is 56.7 Å². The van der Waals surface area contributed by atoms with Gasteiger partial charge in [-0.1, -0.05) is 0 Å². The molecule has 2 fully saturated rings. The van der Waals surface area contributed by atoms with Gasteiger partial charge in [-0.25, -0.2) is 4.98 Å². The van der Waals surface area contributed by atoms with Crippen molar-refractivity contribution in [2.75, 3.05) is 23.8 Å². The molecule has 3 aromatic heterocycles. The number of hydrogen-bond acceptors (Lipinski definition) is 7. The lowest BCUT2D eigenvalue weighted by atomic mass is 9.92. The van der Waals surface area contributed by atoms with E-state index in [4.69, 9.17) is 15.5 Å². The summed E-state index contributed by atoms with van der Waals surface area (Å²) < 4.78 is 7.46. The van der Waals surface area contributed by atoms with Crippen molar-refractivity contribution in [3.8, 4) is 0 Å². The third-order valence-corrected chi connectivity index (χ3v) is 5.94. The summed E-state index contributed by atoms with van der Waals surface area (Å²) in [6.45, 7) is 1.59. The van der Waals surface area contributed by atoms with Crippen molar-refractivity contribution in [2.24, 2.45) is 5.73 Å². The van der Waals surface area contributed by atoms with Crippen molar-refractivity contribution in [1.82, 2.24) is 24.7 Å². The predicted molar refractivity (Wildman–Crippen MR) is 112 cm³/mol. The molecule has 5 N–H and O–H groups in total. The molecule has 0 bridgehead atoms. The molecule has 0 spiro atoms. The molecule has 2 aliphatic rings. The molecule has 1 aliphatic carbocycles. The van der Waals surface area contributed by atoms with Crippen molar-refractivity contribution in [3.63, 3.8) is 0 Å². The maximum atomic E-state index is 6.05. The molecule has 3 aromatic rings. The lowest BCUT2D eigenvalue weighted by Crippen LogP contribution is -2.33. The number of hydrogen-bond donors (Lipinski definition) is 4. The Morgan fingerprint density at radius 2 is 1.93 bits per heavy atom. The second-order valence-electron chi connectivity index (χ2n) is 8.07. The molecule has 5 rings (SSSR count). The number of nitrogens with zero attached hydrogens (tertiary/aromatic N) is 4. The zero-order chi connectivity index (χ0) is 19.6. The van der Waals surface area contributed by atoms with Gasteiger partial charge in [0.05, 0.1) is 23.4 Å². The summed E-state index contributed by atoms with van der Waals surface area (Å²) in [7, 11) is 0. The number of aromatic nitrogens is 5. The number of H-pyrrole nitrogens is 1. The van der Waals surface area contributed by atoms with Gasteiger partial charge in [0, 0.05) is 37.7 Å². The molecule has 0 atom stereocenters. The molecule has 0 amide bonds. The summed E-state index contributed by atoms with van der Waals surface area (Å²) in [5, 5.41) is 11.4. The van der Waals surface area contributed by atoms with Crippen LogP contribution >= 0.6 is 0 Å². The average molecular weight is 396 g/mol. The fourth-order valence-electron chi connectivity index (χ4n) is 4.24. The number of ether oxygens (including phenoxy) is 1. The average Bonchev–Trinajstić information content (AvgIpc) is 3.40. The summed E-state index contributed by atoms with van der Waals surface area (Å²) in [4.78, 5) is 12.7. The lowest BCUT2D eigenvalue weighted by molar-refractivity contribution is 0.0662. The summed E-state index contributed by atoms with van der Waals surface area (Å²) >= 11 is 0. The number of fused-ring (bicyclic) bond motifs is 1. The topological polar surface area (TPSA) is 119 Å². The molecule has 0 radical (unpaired) electrons. The van der Waals surface area contributed by atoms with Crippen LogP contribution in [0.1, 0.15) is 44.6 Å². The normalized spacial score (nSPS) is 23.3. The maximum absolute atomic E-state index is 6.05. The molecular formula is C20H28N8O. The van der Waals surface area contributed by atoms with Crippen LogP contribution in [0.4, 0.5) is 17.5 Å². The number of nitrogens with two attached hydrogens (primary N) is 1. The first-order valence-corrected chi connectivity index (χ1v) is 10.5. The van der Waals surface area contributed by atoms with E-state index in [0.717, 1.165) is 74.3 Å². The van der Waals surface area contributed by atoms with Crippen LogP contribution in [0.25, 0.3) is 11.0 Å². The van der Waals surface area contributed by atoms with Gasteiger partial charge in [-0.15, -0.1) is 0 Å². The Morgan fingerprint density at radius 3 is 2.76 bits per heavy atom. The van der Waals surface area contributed by atoms with Crippen molar-refractivity contribution in [1.29, 1.82) is 0 Å². The number of anilines is 3. The minimum atomic E-state index is 0.327. The molecule has 1 saturated carbocycles. The van der Waals surface area contributed by atoms with Gasteiger partial charge in [0.15, 0.2) is 5.82 Å². The van der Waals surface area contributed by atoms with Crippen molar-refractivity contribution in [3.05, 3.63) is 24.7 Å². The monoisotopic (exact) mass is 396 g/mol. The van der Waals surface area contributed by atoms with Crippen molar-refractivity contribution >= 4 is 28.5 Å². The van der Waals surface area contributed by atoms with Gasteiger partial charge in [-0.2, -0.15) is 10.1 Å². The van der Waals surface area contributed by atoms with E-state index in [1.807, 2.05) is 29.3 Å². The molecule has 29 heavy (non-hydrogen) atoms. The van der Waals surface area contributed by atoms with Crippen LogP contribution in [0, 0.1) is 0 Å². The summed E-state index contributed by atoms with van der Waals surface area (Å²) in [6, 6.07) is 3.08. The standard InChI is InChI=1S/C20H28N8O/c21-13-1-3-14(4-2-13)24-19-18-17(5-8-22-18)26-20(27-19)25-15-11-23-28(12-15)16-6-9-29-10-7-16/h5,8,11-14,16,22H,1-4,6-7,9-10,21H2,(H2,24,25,26,27)/t13-,14-. The molecule has 1 saturated heterocycles. The molecule has 154 valence electrons. The Balaban J connectivity index is 1.34. The highest BCUT2D eigenvalue weighted by atomic mass is 16.5. The molecule has 9 nitrogen and oxygen atoms in total. The van der Waals surface area contributed by atoms with E-state index in [0.29, 0.717) is 24.1 Å². The lowest BCUT2D eigenvalue weighted by Gasteiger charge is -2.27. The fourth-order valence-corrected chi connectivity index (χ4v) is 4.24. The summed E-state index contributed by atoms with van der Waals surface area (Å²) in [6.07, 6.45) is 12.0. The van der Waals surface area contributed by atoms with Gasteiger partial charge in [0.2, 0.25) is 5.95 Å². The Morgan fingerprint density at radius 1 is 1.10 bits per heavy atom. The fraction of sp³-hybridized carbons (Fsp3) is 0.550. The van der Waals surface area contributed by atoms with E-state index >= 15 is 0 Å². The van der Waals surface area contributed by atoms with Crippen LogP contribution in [0.15, 0.2) is 24.7 Å². The molecule has 9 heteroatoms. The van der Waals surface area contributed by atoms with Crippen molar-refractivity contribution < 1.29 is 4.74 Å².